The Bertz CT molecular complexity index is 1100. The molecule has 2 saturated carbocycles. The van der Waals surface area contributed by atoms with Crippen molar-refractivity contribution in [2.75, 3.05) is 5.32 Å². The molecule has 3 aliphatic rings. The van der Waals surface area contributed by atoms with Gasteiger partial charge in [-0.2, -0.15) is 0 Å². The molecule has 0 spiro atoms. The van der Waals surface area contributed by atoms with E-state index in [9.17, 15) is 14.4 Å². The van der Waals surface area contributed by atoms with Crippen molar-refractivity contribution in [1.29, 1.82) is 0 Å². The van der Waals surface area contributed by atoms with E-state index in [0.717, 1.165) is 6.42 Å². The zero-order valence-corrected chi connectivity index (χ0v) is 18.4. The quantitative estimate of drug-likeness (QED) is 0.605. The van der Waals surface area contributed by atoms with Crippen LogP contribution in [-0.2, 0) is 4.79 Å². The topological polar surface area (TPSA) is 109 Å². The standard InChI is InChI=1S/C21H23Cl2N5O3/c1-10(13-8-21(13,22)23)25-18(29)17-7-11-6-16(11)28(17)20(31)26-14-9-27(19(24)30)15-5-3-2-4-12(14)15/h2-5,9-11,13,16-17H,6-8H2,1H3,(H2,24,30)(H,25,29)(H,26,31)/t10-,11-,13-,16-,17+/m1/s1. The molecule has 4 amide bonds. The number of rotatable bonds is 4. The highest BCUT2D eigenvalue weighted by atomic mass is 35.5. The molecule has 1 aromatic heterocycles. The third-order valence-corrected chi connectivity index (χ3v) is 7.55. The highest BCUT2D eigenvalue weighted by Crippen LogP contribution is 2.55. The molecule has 4 N–H and O–H groups in total. The first kappa shape index (κ1) is 20.5. The first-order valence-electron chi connectivity index (χ1n) is 10.3. The van der Waals surface area contributed by atoms with Crippen molar-refractivity contribution >= 4 is 57.8 Å². The lowest BCUT2D eigenvalue weighted by Crippen LogP contribution is -2.51. The summed E-state index contributed by atoms with van der Waals surface area (Å²) in [5.74, 6) is 0.160. The van der Waals surface area contributed by atoms with Gasteiger partial charge in [0.1, 0.15) is 10.4 Å². The van der Waals surface area contributed by atoms with Gasteiger partial charge in [0.2, 0.25) is 5.91 Å². The lowest BCUT2D eigenvalue weighted by Gasteiger charge is -2.28. The van der Waals surface area contributed by atoms with Crippen LogP contribution in [0.4, 0.5) is 15.3 Å². The van der Waals surface area contributed by atoms with Gasteiger partial charge in [0.05, 0.1) is 11.2 Å². The maximum atomic E-state index is 13.2. The number of halogens is 2. The van der Waals surface area contributed by atoms with Gasteiger partial charge in [-0.3, -0.25) is 9.36 Å². The molecule has 31 heavy (non-hydrogen) atoms. The van der Waals surface area contributed by atoms with E-state index in [4.69, 9.17) is 28.9 Å². The number of amides is 4. The average Bonchev–Trinajstić information content (AvgIpc) is 3.52. The SMILES string of the molecule is C[C@@H](NC(=O)[C@@H]1C[C@H]2C[C@H]2N1C(=O)Nc1cn(C(N)=O)c2ccccc12)[C@H]1CC1(Cl)Cl. The number of nitrogens with one attached hydrogen (secondary N) is 2. The van der Waals surface area contributed by atoms with Gasteiger partial charge in [0.25, 0.3) is 0 Å². The van der Waals surface area contributed by atoms with Crippen molar-refractivity contribution in [2.45, 2.75) is 48.6 Å². The number of urea groups is 1. The second-order valence-corrected chi connectivity index (χ2v) is 10.3. The van der Waals surface area contributed by atoms with Crippen LogP contribution in [0.25, 0.3) is 10.9 Å². The summed E-state index contributed by atoms with van der Waals surface area (Å²) in [7, 11) is 0. The smallest absolute Gasteiger partial charge is 0.323 e. The van der Waals surface area contributed by atoms with E-state index in [0.29, 0.717) is 35.3 Å². The zero-order valence-electron chi connectivity index (χ0n) is 16.8. The Morgan fingerprint density at radius 1 is 1.23 bits per heavy atom. The molecular weight excluding hydrogens is 441 g/mol. The fraction of sp³-hybridized carbons (Fsp3) is 0.476. The first-order chi connectivity index (χ1) is 14.7. The number of alkyl halides is 2. The Balaban J connectivity index is 1.33. The molecule has 1 saturated heterocycles. The number of carbonyl (C=O) groups excluding carboxylic acids is 3. The van der Waals surface area contributed by atoms with Crippen LogP contribution in [0.2, 0.25) is 0 Å². The summed E-state index contributed by atoms with van der Waals surface area (Å²) in [6.45, 7) is 1.88. The molecule has 5 atom stereocenters. The number of aromatic nitrogens is 1. The zero-order chi connectivity index (χ0) is 22.1. The van der Waals surface area contributed by atoms with Gasteiger partial charge in [-0.25, -0.2) is 9.59 Å². The maximum absolute atomic E-state index is 13.2. The number of likely N-dealkylation sites (tertiary alicyclic amines) is 1. The van der Waals surface area contributed by atoms with Gasteiger partial charge in [0.15, 0.2) is 0 Å². The van der Waals surface area contributed by atoms with Crippen LogP contribution >= 0.6 is 23.2 Å². The van der Waals surface area contributed by atoms with E-state index < -0.39 is 16.4 Å². The average molecular weight is 464 g/mol. The summed E-state index contributed by atoms with van der Waals surface area (Å²) in [5, 5.41) is 6.56. The Hall–Kier alpha value is -2.45. The fourth-order valence-corrected chi connectivity index (χ4v) is 5.53. The number of hydrogen-bond donors (Lipinski definition) is 3. The second kappa shape index (κ2) is 7.03. The molecule has 2 aromatic rings. The van der Waals surface area contributed by atoms with Crippen LogP contribution in [0.3, 0.4) is 0 Å². The van der Waals surface area contributed by atoms with Gasteiger partial charge < -0.3 is 21.3 Å². The predicted octanol–water partition coefficient (Wildman–Crippen LogP) is 3.26. The monoisotopic (exact) mass is 463 g/mol. The Morgan fingerprint density at radius 3 is 2.61 bits per heavy atom. The number of nitrogens with zero attached hydrogens (tertiary/aromatic N) is 2. The number of carbonyl (C=O) groups is 3. The molecule has 2 aliphatic carbocycles. The molecule has 164 valence electrons. The number of hydrogen-bond acceptors (Lipinski definition) is 3. The van der Waals surface area contributed by atoms with Crippen LogP contribution in [0.1, 0.15) is 26.2 Å². The van der Waals surface area contributed by atoms with Gasteiger partial charge >= 0.3 is 12.1 Å². The molecule has 0 radical (unpaired) electrons. The maximum Gasteiger partial charge on any atom is 0.323 e. The van der Waals surface area contributed by atoms with Crippen molar-refractivity contribution in [2.24, 2.45) is 17.6 Å². The predicted molar refractivity (Wildman–Crippen MR) is 118 cm³/mol. The van der Waals surface area contributed by atoms with E-state index in [1.54, 1.807) is 23.1 Å². The molecular formula is C21H23Cl2N5O3. The van der Waals surface area contributed by atoms with E-state index in [1.165, 1.54) is 10.8 Å². The van der Waals surface area contributed by atoms with Crippen LogP contribution in [0.5, 0.6) is 0 Å². The molecule has 8 nitrogen and oxygen atoms in total. The van der Waals surface area contributed by atoms with Crippen molar-refractivity contribution in [3.8, 4) is 0 Å². The number of benzene rings is 1. The molecule has 2 heterocycles. The van der Waals surface area contributed by atoms with Gasteiger partial charge in [-0.1, -0.05) is 18.2 Å². The Kier molecular flexibility index (Phi) is 4.64. The van der Waals surface area contributed by atoms with Gasteiger partial charge in [-0.15, -0.1) is 23.2 Å². The van der Waals surface area contributed by atoms with Crippen molar-refractivity contribution < 1.29 is 14.4 Å². The Labute approximate surface area is 189 Å². The summed E-state index contributed by atoms with van der Waals surface area (Å²) < 4.78 is 0.511. The Morgan fingerprint density at radius 2 is 1.94 bits per heavy atom. The van der Waals surface area contributed by atoms with E-state index in [2.05, 4.69) is 10.6 Å². The van der Waals surface area contributed by atoms with Crippen LogP contribution in [0.15, 0.2) is 30.5 Å². The van der Waals surface area contributed by atoms with E-state index in [-0.39, 0.29) is 29.9 Å². The van der Waals surface area contributed by atoms with E-state index in [1.807, 2.05) is 13.0 Å². The summed E-state index contributed by atoms with van der Waals surface area (Å²) in [6, 6.07) is 5.51. The summed E-state index contributed by atoms with van der Waals surface area (Å²) in [6.07, 6.45) is 3.68. The molecule has 0 bridgehead atoms. The first-order valence-corrected chi connectivity index (χ1v) is 11.1. The van der Waals surface area contributed by atoms with E-state index >= 15 is 0 Å². The summed E-state index contributed by atoms with van der Waals surface area (Å²) in [5.41, 5.74) is 6.54. The minimum absolute atomic E-state index is 0.0120. The third-order valence-electron chi connectivity index (χ3n) is 6.68. The molecule has 0 unspecified atom stereocenters. The minimum Gasteiger partial charge on any atom is -0.351 e. The highest BCUT2D eigenvalue weighted by Gasteiger charge is 2.58. The molecule has 1 aliphatic heterocycles. The highest BCUT2D eigenvalue weighted by molar-refractivity contribution is 6.51. The van der Waals surface area contributed by atoms with Gasteiger partial charge in [-0.05, 0) is 38.2 Å². The van der Waals surface area contributed by atoms with Crippen LogP contribution < -0.4 is 16.4 Å². The lowest BCUT2D eigenvalue weighted by atomic mass is 10.1. The summed E-state index contributed by atoms with van der Waals surface area (Å²) in [4.78, 5) is 39.5. The number of piperidine rings is 1. The van der Waals surface area contributed by atoms with Crippen LogP contribution in [0, 0.1) is 11.8 Å². The van der Waals surface area contributed by atoms with Gasteiger partial charge in [0, 0.05) is 29.6 Å². The third kappa shape index (κ3) is 3.51. The molecule has 5 rings (SSSR count). The molecule has 10 heteroatoms. The fourth-order valence-electron chi connectivity index (χ4n) is 4.82. The number of fused-ring (bicyclic) bond motifs is 2. The van der Waals surface area contributed by atoms with Crippen molar-refractivity contribution in [3.05, 3.63) is 30.5 Å². The molecule has 3 fully saturated rings. The lowest BCUT2D eigenvalue weighted by molar-refractivity contribution is -0.125. The summed E-state index contributed by atoms with van der Waals surface area (Å²) >= 11 is 12.2. The number of primary amides is 1. The number of anilines is 1. The second-order valence-electron chi connectivity index (χ2n) is 8.79. The normalized spacial score (nSPS) is 28.7. The number of para-hydroxylation sites is 1. The largest absolute Gasteiger partial charge is 0.351 e. The minimum atomic E-state index is -0.782. The van der Waals surface area contributed by atoms with Crippen molar-refractivity contribution in [3.63, 3.8) is 0 Å². The number of nitrogens with two attached hydrogens (primary N) is 1. The van der Waals surface area contributed by atoms with Crippen molar-refractivity contribution in [1.82, 2.24) is 14.8 Å². The van der Waals surface area contributed by atoms with Crippen LogP contribution in [-0.4, -0.2) is 49.9 Å². The molecule has 1 aromatic carbocycles.